The normalized spacial score (nSPS) is 13.1. The second-order valence-corrected chi connectivity index (χ2v) is 14.0. The third-order valence-corrected chi connectivity index (χ3v) is 10.2. The van der Waals surface area contributed by atoms with Gasteiger partial charge in [0.15, 0.2) is 11.6 Å². The number of hydrogen-bond acceptors (Lipinski definition) is 7. The monoisotopic (exact) mass is 749 g/mol. The molecule has 0 aliphatic carbocycles. The Kier molecular flexibility index (Phi) is 8.92. The molecule has 2 N–H and O–H groups in total. The summed E-state index contributed by atoms with van der Waals surface area (Å²) in [5.74, 6) is 4.32. The second-order valence-electron chi connectivity index (χ2n) is 14.0. The molecule has 13 nitrogen and oxygen atoms in total. The maximum atomic E-state index is 15.7. The van der Waals surface area contributed by atoms with Crippen LogP contribution >= 0.6 is 0 Å². The molecule has 0 unspecified atom stereocenters. The summed E-state index contributed by atoms with van der Waals surface area (Å²) in [4.78, 5) is 60.2. The van der Waals surface area contributed by atoms with Crippen LogP contribution in [0, 0.1) is 17.7 Å². The molecule has 280 valence electrons. The number of aromatic nitrogens is 6. The van der Waals surface area contributed by atoms with E-state index in [1.54, 1.807) is 47.6 Å². The van der Waals surface area contributed by atoms with Crippen LogP contribution in [0.15, 0.2) is 77.9 Å². The number of rotatable bonds is 6. The fourth-order valence-corrected chi connectivity index (χ4v) is 7.24. The van der Waals surface area contributed by atoms with Crippen molar-refractivity contribution in [1.29, 1.82) is 0 Å². The summed E-state index contributed by atoms with van der Waals surface area (Å²) in [6, 6.07) is 18.2. The number of benzene rings is 3. The molecule has 1 aliphatic rings. The molecule has 0 atom stereocenters. The van der Waals surface area contributed by atoms with Crippen LogP contribution in [0.3, 0.4) is 0 Å². The fourth-order valence-electron chi connectivity index (χ4n) is 7.24. The van der Waals surface area contributed by atoms with Crippen molar-refractivity contribution in [2.45, 2.75) is 26.2 Å². The molecule has 0 spiro atoms. The summed E-state index contributed by atoms with van der Waals surface area (Å²) in [5.41, 5.74) is 6.96. The highest BCUT2D eigenvalue weighted by Crippen LogP contribution is 2.36. The van der Waals surface area contributed by atoms with Crippen molar-refractivity contribution in [3.05, 3.63) is 106 Å². The summed E-state index contributed by atoms with van der Waals surface area (Å²) >= 11 is 0. The highest BCUT2D eigenvalue weighted by Gasteiger charge is 2.29. The van der Waals surface area contributed by atoms with Crippen molar-refractivity contribution < 1.29 is 18.8 Å². The van der Waals surface area contributed by atoms with Gasteiger partial charge in [-0.15, -0.1) is 0 Å². The number of fused-ring (bicyclic) bond motifs is 3. The molecule has 56 heavy (non-hydrogen) atoms. The fraction of sp³-hybridized carbons (Fsp3) is 0.214. The lowest BCUT2D eigenvalue weighted by Crippen LogP contribution is -2.49. The average Bonchev–Trinajstić information content (AvgIpc) is 3.64. The maximum absolute atomic E-state index is 15.7. The molecule has 1 saturated heterocycles. The smallest absolute Gasteiger partial charge is 0.329 e. The third-order valence-electron chi connectivity index (χ3n) is 10.2. The Morgan fingerprint density at radius 2 is 1.77 bits per heavy atom. The number of hydrogen-bond donors (Lipinski definition) is 2. The lowest BCUT2D eigenvalue weighted by molar-refractivity contribution is -0.120. The molecular formula is C42H36FN9O4. The Morgan fingerprint density at radius 3 is 2.52 bits per heavy atom. The van der Waals surface area contributed by atoms with Crippen molar-refractivity contribution in [2.75, 3.05) is 18.0 Å². The lowest BCUT2D eigenvalue weighted by Gasteiger charge is -2.24. The number of imidazole rings is 1. The number of pyridine rings is 2. The van der Waals surface area contributed by atoms with Crippen molar-refractivity contribution in [2.24, 2.45) is 21.1 Å². The highest BCUT2D eigenvalue weighted by atomic mass is 19.1. The van der Waals surface area contributed by atoms with Gasteiger partial charge in [-0.3, -0.25) is 43.6 Å². The second kappa shape index (κ2) is 13.9. The molecule has 8 rings (SSSR count). The molecule has 4 amide bonds. The standard InChI is InChI=1S/C42H36FN9O4/c1-23(2)29-18-27(20-34-38(29)50(4)42(56)49(34)3)28-10-6-8-25-19-32(46-22-30(25)28)26-11-13-31(45-21-26)40(54)44-16-7-9-24-12-14-33-36(37(24)43)39(48-51(33)5)52-17-15-35(53)47-41(52)55/h6,8,10-14,18-23H,15-17H2,1-5H3,(H,44,54)(H,47,53,55). The summed E-state index contributed by atoms with van der Waals surface area (Å²) in [6.45, 7) is 4.25. The van der Waals surface area contributed by atoms with E-state index in [1.165, 1.54) is 15.6 Å². The van der Waals surface area contributed by atoms with Crippen LogP contribution < -0.4 is 21.2 Å². The Morgan fingerprint density at radius 1 is 0.946 bits per heavy atom. The first-order chi connectivity index (χ1) is 26.9. The van der Waals surface area contributed by atoms with Crippen LogP contribution in [-0.2, 0) is 25.9 Å². The minimum Gasteiger partial charge on any atom is -0.340 e. The molecule has 0 radical (unpaired) electrons. The zero-order chi connectivity index (χ0) is 39.4. The van der Waals surface area contributed by atoms with Gasteiger partial charge in [-0.1, -0.05) is 43.9 Å². The third kappa shape index (κ3) is 6.12. The molecule has 14 heteroatoms. The molecule has 0 saturated carbocycles. The van der Waals surface area contributed by atoms with E-state index in [2.05, 4.69) is 64.6 Å². The van der Waals surface area contributed by atoms with Crippen LogP contribution in [0.4, 0.5) is 15.0 Å². The predicted octanol–water partition coefficient (Wildman–Crippen LogP) is 5.53. The van der Waals surface area contributed by atoms with Gasteiger partial charge in [0, 0.05) is 57.5 Å². The number of amides is 4. The van der Waals surface area contributed by atoms with E-state index in [0.29, 0.717) is 11.2 Å². The number of halogens is 1. The summed E-state index contributed by atoms with van der Waals surface area (Å²) in [5, 5.41) is 11.3. The van der Waals surface area contributed by atoms with Gasteiger partial charge in [-0.25, -0.2) is 14.0 Å². The minimum atomic E-state index is -0.668. The Hall–Kier alpha value is -7.14. The first kappa shape index (κ1) is 35.9. The number of carbonyl (C=O) groups excluding carboxylic acids is 3. The summed E-state index contributed by atoms with van der Waals surface area (Å²) in [7, 11) is 5.24. The highest BCUT2D eigenvalue weighted by molar-refractivity contribution is 6.09. The van der Waals surface area contributed by atoms with Crippen LogP contribution in [0.2, 0.25) is 0 Å². The average molecular weight is 750 g/mol. The van der Waals surface area contributed by atoms with Crippen molar-refractivity contribution >= 4 is 56.4 Å². The van der Waals surface area contributed by atoms with Crippen LogP contribution in [0.5, 0.6) is 0 Å². The molecule has 4 aromatic heterocycles. The molecule has 1 aliphatic heterocycles. The van der Waals surface area contributed by atoms with Crippen molar-refractivity contribution in [1.82, 2.24) is 39.5 Å². The maximum Gasteiger partial charge on any atom is 0.329 e. The van der Waals surface area contributed by atoms with Crippen LogP contribution in [-0.4, -0.2) is 59.8 Å². The van der Waals surface area contributed by atoms with E-state index in [-0.39, 0.29) is 53.6 Å². The molecule has 7 aromatic rings. The van der Waals surface area contributed by atoms with Crippen LogP contribution in [0.25, 0.3) is 55.1 Å². The number of carbonyl (C=O) groups is 3. The molecule has 0 bridgehead atoms. The first-order valence-corrected chi connectivity index (χ1v) is 18.0. The largest absolute Gasteiger partial charge is 0.340 e. The number of nitrogens with zero attached hydrogens (tertiary/aromatic N) is 7. The van der Waals surface area contributed by atoms with E-state index in [9.17, 15) is 19.2 Å². The van der Waals surface area contributed by atoms with E-state index in [1.807, 2.05) is 31.4 Å². The first-order valence-electron chi connectivity index (χ1n) is 18.0. The topological polar surface area (TPSA) is 149 Å². The van der Waals surface area contributed by atoms with Gasteiger partial charge >= 0.3 is 11.7 Å². The number of imide groups is 1. The van der Waals surface area contributed by atoms with E-state index in [0.717, 1.165) is 44.1 Å². The Labute approximate surface area is 319 Å². The number of aryl methyl sites for hydroxylation is 3. The molecule has 5 heterocycles. The van der Waals surface area contributed by atoms with Crippen molar-refractivity contribution in [3.8, 4) is 34.2 Å². The van der Waals surface area contributed by atoms with Gasteiger partial charge in [0.05, 0.1) is 39.7 Å². The Bertz CT molecular complexity index is 2910. The molecule has 3 aromatic carbocycles. The van der Waals surface area contributed by atoms with E-state index in [4.69, 9.17) is 4.98 Å². The van der Waals surface area contributed by atoms with Gasteiger partial charge in [0.2, 0.25) is 5.91 Å². The predicted molar refractivity (Wildman–Crippen MR) is 212 cm³/mol. The summed E-state index contributed by atoms with van der Waals surface area (Å²) in [6.07, 6.45) is 3.50. The lowest BCUT2D eigenvalue weighted by atomic mass is 9.93. The van der Waals surface area contributed by atoms with Gasteiger partial charge in [0.25, 0.3) is 5.91 Å². The van der Waals surface area contributed by atoms with E-state index < -0.39 is 23.7 Å². The quantitative estimate of drug-likeness (QED) is 0.213. The number of anilines is 1. The summed E-state index contributed by atoms with van der Waals surface area (Å²) < 4.78 is 20.6. The SMILES string of the molecule is CC(C)c1cc(-c2cccc3cc(-c4ccc(C(=O)NCC#Cc5ccc6c(c(N7CCC(=O)NC7=O)nn6C)c5F)nc4)ncc23)cc2c1n(C)c(=O)n2C. The van der Waals surface area contributed by atoms with Gasteiger partial charge in [-0.2, -0.15) is 5.10 Å². The molecule has 1 fully saturated rings. The minimum absolute atomic E-state index is 0.0655. The van der Waals surface area contributed by atoms with Crippen LogP contribution in [0.1, 0.15) is 47.8 Å². The van der Waals surface area contributed by atoms with Crippen molar-refractivity contribution in [3.63, 3.8) is 0 Å². The zero-order valence-electron chi connectivity index (χ0n) is 31.3. The van der Waals surface area contributed by atoms with Gasteiger partial charge < -0.3 is 5.32 Å². The number of urea groups is 1. The number of nitrogens with one attached hydrogen (secondary N) is 2. The van der Waals surface area contributed by atoms with E-state index >= 15 is 4.39 Å². The Balaban J connectivity index is 0.983. The van der Waals surface area contributed by atoms with Gasteiger partial charge in [-0.05, 0) is 70.5 Å². The van der Waals surface area contributed by atoms with Gasteiger partial charge in [0.1, 0.15) is 5.69 Å². The zero-order valence-corrected chi connectivity index (χ0v) is 31.3. The molecular weight excluding hydrogens is 714 g/mol.